The number of halogens is 2. The predicted octanol–water partition coefficient (Wildman–Crippen LogP) is 3.21. The Morgan fingerprint density at radius 2 is 1.78 bits per heavy atom. The molecule has 0 amide bonds. The largest absolute Gasteiger partial charge is 0.353 e. The van der Waals surface area contributed by atoms with Gasteiger partial charge in [-0.15, -0.1) is 0 Å². The van der Waals surface area contributed by atoms with Crippen LogP contribution in [0.2, 0.25) is 0 Å². The van der Waals surface area contributed by atoms with E-state index in [4.69, 9.17) is 0 Å². The van der Waals surface area contributed by atoms with Crippen molar-refractivity contribution in [2.75, 3.05) is 52.2 Å². The standard InChI is InChI=1S/C27H31F2N7O/c1-32(2)19-14-35(15-19)24-8-6-18(12-31-24)17-5-7-21-20(11-17)25-22(13-30-21)34(4)26(37)36(25)23-9-10-33(3)16-27(23,28)29/h5-8,11-13,19,23H,9-10,14-16H2,1-4H3/t23-/m1/s1. The molecule has 10 heteroatoms. The average molecular weight is 508 g/mol. The Labute approximate surface area is 213 Å². The quantitative estimate of drug-likeness (QED) is 0.423. The number of likely N-dealkylation sites (N-methyl/N-ethyl adjacent to an activating group) is 1. The number of likely N-dealkylation sites (tertiary alicyclic amines) is 1. The van der Waals surface area contributed by atoms with Gasteiger partial charge in [0.15, 0.2) is 0 Å². The lowest BCUT2D eigenvalue weighted by Gasteiger charge is -2.43. The Morgan fingerprint density at radius 1 is 1.03 bits per heavy atom. The van der Waals surface area contributed by atoms with Gasteiger partial charge in [0.2, 0.25) is 0 Å². The number of fused-ring (bicyclic) bond motifs is 3. The van der Waals surface area contributed by atoms with Crippen molar-refractivity contribution in [3.8, 4) is 11.1 Å². The van der Waals surface area contributed by atoms with Crippen molar-refractivity contribution in [3.05, 3.63) is 53.2 Å². The number of alkyl halides is 2. The molecule has 2 aliphatic heterocycles. The van der Waals surface area contributed by atoms with E-state index in [0.29, 0.717) is 34.5 Å². The third kappa shape index (κ3) is 3.90. The van der Waals surface area contributed by atoms with Gasteiger partial charge in [0.05, 0.1) is 29.3 Å². The molecule has 0 radical (unpaired) electrons. The van der Waals surface area contributed by atoms with Crippen molar-refractivity contribution in [1.29, 1.82) is 0 Å². The smallest absolute Gasteiger partial charge is 0.329 e. The predicted molar refractivity (Wildman–Crippen MR) is 141 cm³/mol. The van der Waals surface area contributed by atoms with Gasteiger partial charge in [-0.3, -0.25) is 14.1 Å². The van der Waals surface area contributed by atoms with Crippen molar-refractivity contribution in [2.24, 2.45) is 7.05 Å². The maximum Gasteiger partial charge on any atom is 0.329 e. The third-order valence-corrected chi connectivity index (χ3v) is 7.98. The van der Waals surface area contributed by atoms with Gasteiger partial charge in [0, 0.05) is 49.9 Å². The number of pyridine rings is 2. The Morgan fingerprint density at radius 3 is 2.46 bits per heavy atom. The van der Waals surface area contributed by atoms with Gasteiger partial charge >= 0.3 is 5.69 Å². The Balaban J connectivity index is 1.43. The van der Waals surface area contributed by atoms with Crippen molar-refractivity contribution in [3.63, 3.8) is 0 Å². The molecule has 0 aliphatic carbocycles. The molecule has 1 atom stereocenters. The zero-order chi connectivity index (χ0) is 26.1. The van der Waals surface area contributed by atoms with Gasteiger partial charge in [-0.05, 0) is 57.4 Å². The van der Waals surface area contributed by atoms with Crippen LogP contribution in [0.1, 0.15) is 12.5 Å². The number of aryl methyl sites for hydroxylation is 1. The maximum absolute atomic E-state index is 15.2. The van der Waals surface area contributed by atoms with Crippen LogP contribution in [0.5, 0.6) is 0 Å². The van der Waals surface area contributed by atoms with Gasteiger partial charge in [-0.2, -0.15) is 0 Å². The topological polar surface area (TPSA) is 62.4 Å². The summed E-state index contributed by atoms with van der Waals surface area (Å²) in [6.45, 7) is 2.03. The van der Waals surface area contributed by atoms with E-state index in [-0.39, 0.29) is 13.0 Å². The van der Waals surface area contributed by atoms with Gasteiger partial charge in [-0.25, -0.2) is 18.6 Å². The van der Waals surface area contributed by atoms with Crippen LogP contribution in [0.15, 0.2) is 47.5 Å². The Bertz CT molecular complexity index is 1540. The number of benzene rings is 1. The summed E-state index contributed by atoms with van der Waals surface area (Å²) >= 11 is 0. The highest BCUT2D eigenvalue weighted by atomic mass is 19.3. The molecule has 2 fully saturated rings. The van der Waals surface area contributed by atoms with E-state index in [9.17, 15) is 4.79 Å². The highest BCUT2D eigenvalue weighted by Gasteiger charge is 2.46. The first-order valence-corrected chi connectivity index (χ1v) is 12.6. The Kier molecular flexibility index (Phi) is 5.57. The number of nitrogens with zero attached hydrogens (tertiary/aromatic N) is 7. The lowest BCUT2D eigenvalue weighted by molar-refractivity contribution is -0.0977. The summed E-state index contributed by atoms with van der Waals surface area (Å²) in [6, 6.07) is 9.15. The number of hydrogen-bond donors (Lipinski definition) is 0. The van der Waals surface area contributed by atoms with Crippen LogP contribution in [-0.4, -0.2) is 88.2 Å². The van der Waals surface area contributed by atoms with E-state index >= 15 is 8.78 Å². The van der Waals surface area contributed by atoms with Crippen LogP contribution in [-0.2, 0) is 7.05 Å². The summed E-state index contributed by atoms with van der Waals surface area (Å²) in [5, 5.41) is 0.683. The van der Waals surface area contributed by atoms with Crippen molar-refractivity contribution >= 4 is 27.8 Å². The molecule has 8 nitrogen and oxygen atoms in total. The van der Waals surface area contributed by atoms with Crippen LogP contribution < -0.4 is 10.6 Å². The summed E-state index contributed by atoms with van der Waals surface area (Å²) < 4.78 is 33.2. The van der Waals surface area contributed by atoms with E-state index in [1.807, 2.05) is 36.5 Å². The normalized spacial score (nSPS) is 20.7. The summed E-state index contributed by atoms with van der Waals surface area (Å²) in [4.78, 5) is 28.6. The van der Waals surface area contributed by atoms with E-state index < -0.39 is 17.7 Å². The van der Waals surface area contributed by atoms with Crippen LogP contribution in [0.4, 0.5) is 14.6 Å². The van der Waals surface area contributed by atoms with Crippen LogP contribution in [0.25, 0.3) is 33.1 Å². The SMILES string of the molecule is CN1CC[C@@H](n2c(=O)n(C)c3cnc4ccc(-c5ccc(N6CC(N(C)C)C6)nc5)cc4c32)C(F)(F)C1. The number of aromatic nitrogens is 4. The fourth-order valence-corrected chi connectivity index (χ4v) is 5.62. The summed E-state index contributed by atoms with van der Waals surface area (Å²) in [5.41, 5.74) is 3.09. The molecule has 0 bridgehead atoms. The molecule has 37 heavy (non-hydrogen) atoms. The molecule has 3 aromatic heterocycles. The first kappa shape index (κ1) is 24.0. The van der Waals surface area contributed by atoms with Crippen molar-refractivity contribution < 1.29 is 8.78 Å². The van der Waals surface area contributed by atoms with Crippen molar-refractivity contribution in [2.45, 2.75) is 24.4 Å². The van der Waals surface area contributed by atoms with E-state index in [1.54, 1.807) is 25.2 Å². The number of hydrogen-bond acceptors (Lipinski definition) is 6. The molecule has 2 aliphatic rings. The second kappa shape index (κ2) is 8.59. The van der Waals surface area contributed by atoms with Gasteiger partial charge in [-0.1, -0.05) is 6.07 Å². The highest BCUT2D eigenvalue weighted by Crippen LogP contribution is 2.39. The molecule has 0 spiro atoms. The lowest BCUT2D eigenvalue weighted by Crippen LogP contribution is -2.57. The number of rotatable bonds is 4. The second-order valence-corrected chi connectivity index (χ2v) is 10.7. The van der Waals surface area contributed by atoms with E-state index in [1.165, 1.54) is 9.13 Å². The molecule has 6 rings (SSSR count). The molecular weight excluding hydrogens is 476 g/mol. The van der Waals surface area contributed by atoms with Crippen LogP contribution >= 0.6 is 0 Å². The average Bonchev–Trinajstić information content (AvgIpc) is 3.08. The number of anilines is 1. The first-order valence-electron chi connectivity index (χ1n) is 12.6. The van der Waals surface area contributed by atoms with Crippen LogP contribution in [0, 0.1) is 0 Å². The van der Waals surface area contributed by atoms with E-state index in [2.05, 4.69) is 33.9 Å². The third-order valence-electron chi connectivity index (χ3n) is 7.98. The maximum atomic E-state index is 15.2. The molecule has 5 heterocycles. The molecule has 4 aromatic rings. The number of piperidine rings is 1. The fourth-order valence-electron chi connectivity index (χ4n) is 5.62. The minimum Gasteiger partial charge on any atom is -0.353 e. The minimum atomic E-state index is -3.03. The highest BCUT2D eigenvalue weighted by molar-refractivity contribution is 6.04. The molecule has 1 aromatic carbocycles. The second-order valence-electron chi connectivity index (χ2n) is 10.7. The monoisotopic (exact) mass is 507 g/mol. The zero-order valence-electron chi connectivity index (χ0n) is 21.5. The molecule has 0 unspecified atom stereocenters. The molecule has 0 N–H and O–H groups in total. The lowest BCUT2D eigenvalue weighted by atomic mass is 9.99. The fraction of sp³-hybridized carbons (Fsp3) is 0.444. The Hall–Kier alpha value is -3.37. The minimum absolute atomic E-state index is 0.197. The summed E-state index contributed by atoms with van der Waals surface area (Å²) in [7, 11) is 7.47. The molecule has 194 valence electrons. The zero-order valence-corrected chi connectivity index (χ0v) is 21.5. The van der Waals surface area contributed by atoms with E-state index in [0.717, 1.165) is 30.0 Å². The summed E-state index contributed by atoms with van der Waals surface area (Å²) in [6.07, 6.45) is 3.64. The van der Waals surface area contributed by atoms with Gasteiger partial charge in [0.1, 0.15) is 11.9 Å². The first-order chi connectivity index (χ1) is 17.6. The molecule has 0 saturated carbocycles. The van der Waals surface area contributed by atoms with Crippen LogP contribution in [0.3, 0.4) is 0 Å². The molecular formula is C27H31F2N7O. The van der Waals surface area contributed by atoms with Crippen molar-refractivity contribution in [1.82, 2.24) is 28.9 Å². The van der Waals surface area contributed by atoms with Gasteiger partial charge in [0.25, 0.3) is 5.92 Å². The summed E-state index contributed by atoms with van der Waals surface area (Å²) in [5.74, 6) is -2.09. The number of imidazole rings is 1. The van der Waals surface area contributed by atoms with Gasteiger partial charge < -0.3 is 14.7 Å². The molecule has 2 saturated heterocycles.